The average Bonchev–Trinajstić information content (AvgIpc) is 3.18. The van der Waals surface area contributed by atoms with Gasteiger partial charge in [0.05, 0.1) is 11.7 Å². The summed E-state index contributed by atoms with van der Waals surface area (Å²) >= 11 is 0. The second kappa shape index (κ2) is 6.54. The number of ether oxygens (including phenoxy) is 1. The van der Waals surface area contributed by atoms with Crippen molar-refractivity contribution < 1.29 is 4.74 Å². The second-order valence-corrected chi connectivity index (χ2v) is 6.99. The fourth-order valence-corrected chi connectivity index (χ4v) is 3.84. The van der Waals surface area contributed by atoms with Gasteiger partial charge in [-0.15, -0.1) is 0 Å². The molecule has 0 amide bonds. The van der Waals surface area contributed by atoms with E-state index in [-0.39, 0.29) is 6.10 Å². The minimum Gasteiger partial charge on any atom is -0.490 e. The predicted molar refractivity (Wildman–Crippen MR) is 106 cm³/mol. The zero-order chi connectivity index (χ0) is 18.2. The zero-order valence-electron chi connectivity index (χ0n) is 15.2. The molecule has 6 heteroatoms. The van der Waals surface area contributed by atoms with Crippen LogP contribution in [-0.2, 0) is 0 Å². The highest BCUT2D eigenvalue weighted by Gasteiger charge is 2.23. The number of aryl methyl sites for hydroxylation is 1. The first-order valence-electron chi connectivity index (χ1n) is 9.34. The second-order valence-electron chi connectivity index (χ2n) is 6.99. The summed E-state index contributed by atoms with van der Waals surface area (Å²) in [6.07, 6.45) is 7.72. The van der Waals surface area contributed by atoms with E-state index in [0.717, 1.165) is 65.1 Å². The van der Waals surface area contributed by atoms with Gasteiger partial charge in [0, 0.05) is 54.6 Å². The van der Waals surface area contributed by atoms with Crippen LogP contribution >= 0.6 is 0 Å². The number of aromatic nitrogens is 4. The Morgan fingerprint density at radius 1 is 1.07 bits per heavy atom. The molecule has 1 aliphatic heterocycles. The van der Waals surface area contributed by atoms with Crippen molar-refractivity contribution in [3.8, 4) is 5.75 Å². The lowest BCUT2D eigenvalue weighted by molar-refractivity contribution is 0.173. The first-order chi connectivity index (χ1) is 13.3. The number of anilines is 1. The van der Waals surface area contributed by atoms with Crippen molar-refractivity contribution in [2.45, 2.75) is 25.9 Å². The van der Waals surface area contributed by atoms with Crippen LogP contribution in [-0.4, -0.2) is 39.1 Å². The molecule has 0 saturated carbocycles. The first kappa shape index (κ1) is 16.1. The molecule has 1 fully saturated rings. The molecule has 27 heavy (non-hydrogen) atoms. The SMILES string of the molecule is Cc1nc(N2CCC(Oc3cccc4[nH]ccc34)CC2)c2ccncc2n1. The number of hydrogen-bond donors (Lipinski definition) is 1. The van der Waals surface area contributed by atoms with Crippen LogP contribution < -0.4 is 9.64 Å². The molecule has 5 rings (SSSR count). The zero-order valence-corrected chi connectivity index (χ0v) is 15.2. The van der Waals surface area contributed by atoms with Gasteiger partial charge in [-0.3, -0.25) is 4.98 Å². The number of aromatic amines is 1. The van der Waals surface area contributed by atoms with Gasteiger partial charge >= 0.3 is 0 Å². The number of piperidine rings is 1. The van der Waals surface area contributed by atoms with Crippen molar-refractivity contribution in [2.75, 3.05) is 18.0 Å². The topological polar surface area (TPSA) is 66.9 Å². The molecule has 0 spiro atoms. The lowest BCUT2D eigenvalue weighted by atomic mass is 10.1. The summed E-state index contributed by atoms with van der Waals surface area (Å²) in [5, 5.41) is 2.21. The molecule has 1 aliphatic rings. The Morgan fingerprint density at radius 3 is 2.85 bits per heavy atom. The Bertz CT molecular complexity index is 1100. The van der Waals surface area contributed by atoms with E-state index in [9.17, 15) is 0 Å². The van der Waals surface area contributed by atoms with Crippen molar-refractivity contribution in [1.29, 1.82) is 0 Å². The van der Waals surface area contributed by atoms with Crippen LogP contribution in [0.25, 0.3) is 21.8 Å². The maximum atomic E-state index is 6.33. The molecule has 3 aromatic heterocycles. The fraction of sp³-hybridized carbons (Fsp3) is 0.286. The molecule has 1 saturated heterocycles. The van der Waals surface area contributed by atoms with Crippen LogP contribution in [0.1, 0.15) is 18.7 Å². The van der Waals surface area contributed by atoms with Gasteiger partial charge in [-0.25, -0.2) is 9.97 Å². The van der Waals surface area contributed by atoms with E-state index in [1.54, 1.807) is 12.4 Å². The van der Waals surface area contributed by atoms with E-state index in [1.807, 2.05) is 25.3 Å². The molecule has 136 valence electrons. The maximum Gasteiger partial charge on any atom is 0.140 e. The van der Waals surface area contributed by atoms with Crippen LogP contribution in [0.4, 0.5) is 5.82 Å². The van der Waals surface area contributed by atoms with Gasteiger partial charge in [0.15, 0.2) is 0 Å². The van der Waals surface area contributed by atoms with E-state index in [1.165, 1.54) is 0 Å². The van der Waals surface area contributed by atoms with Crippen LogP contribution in [0.15, 0.2) is 48.9 Å². The van der Waals surface area contributed by atoms with Crippen LogP contribution in [0.3, 0.4) is 0 Å². The lowest BCUT2D eigenvalue weighted by Gasteiger charge is -2.33. The number of rotatable bonds is 3. The van der Waals surface area contributed by atoms with Crippen molar-refractivity contribution in [3.05, 3.63) is 54.7 Å². The highest BCUT2D eigenvalue weighted by molar-refractivity contribution is 5.89. The molecule has 0 radical (unpaired) electrons. The van der Waals surface area contributed by atoms with Crippen molar-refractivity contribution in [1.82, 2.24) is 19.9 Å². The van der Waals surface area contributed by atoms with Crippen molar-refractivity contribution in [3.63, 3.8) is 0 Å². The normalized spacial score (nSPS) is 15.5. The Morgan fingerprint density at radius 2 is 1.96 bits per heavy atom. The Balaban J connectivity index is 1.34. The fourth-order valence-electron chi connectivity index (χ4n) is 3.84. The number of benzene rings is 1. The molecular weight excluding hydrogens is 338 g/mol. The largest absolute Gasteiger partial charge is 0.490 e. The van der Waals surface area contributed by atoms with E-state index in [0.29, 0.717) is 0 Å². The Kier molecular flexibility index (Phi) is 3.89. The maximum absolute atomic E-state index is 6.33. The van der Waals surface area contributed by atoms with E-state index < -0.39 is 0 Å². The van der Waals surface area contributed by atoms with Crippen molar-refractivity contribution in [2.24, 2.45) is 0 Å². The first-order valence-corrected chi connectivity index (χ1v) is 9.34. The van der Waals surface area contributed by atoms with Crippen molar-refractivity contribution >= 4 is 27.6 Å². The molecule has 6 nitrogen and oxygen atoms in total. The third-order valence-electron chi connectivity index (χ3n) is 5.18. The number of nitrogens with zero attached hydrogens (tertiary/aromatic N) is 4. The number of pyridine rings is 1. The molecule has 1 aromatic carbocycles. The quantitative estimate of drug-likeness (QED) is 0.602. The Hall–Kier alpha value is -3.15. The smallest absolute Gasteiger partial charge is 0.140 e. The number of H-pyrrole nitrogens is 1. The number of fused-ring (bicyclic) bond motifs is 2. The van der Waals surface area contributed by atoms with E-state index in [2.05, 4.69) is 38.1 Å². The molecule has 4 aromatic rings. The minimum atomic E-state index is 0.220. The average molecular weight is 359 g/mol. The van der Waals surface area contributed by atoms with Gasteiger partial charge in [0.2, 0.25) is 0 Å². The summed E-state index contributed by atoms with van der Waals surface area (Å²) in [5.41, 5.74) is 2.01. The standard InChI is InChI=1S/C21H21N5O/c1-14-24-19-13-22-9-5-17(19)21(25-14)26-11-7-15(8-12-26)27-20-4-2-3-18-16(20)6-10-23-18/h2-6,9-10,13,15,23H,7-8,11-12H2,1H3. The van der Waals surface area contributed by atoms with Crippen LogP contribution in [0, 0.1) is 6.92 Å². The Labute approximate surface area is 157 Å². The summed E-state index contributed by atoms with van der Waals surface area (Å²) < 4.78 is 6.33. The van der Waals surface area contributed by atoms with E-state index >= 15 is 0 Å². The van der Waals surface area contributed by atoms with Gasteiger partial charge in [-0.2, -0.15) is 0 Å². The van der Waals surface area contributed by atoms with Gasteiger partial charge in [0.1, 0.15) is 23.5 Å². The summed E-state index contributed by atoms with van der Waals surface area (Å²) in [6.45, 7) is 3.77. The molecule has 0 aliphatic carbocycles. The van der Waals surface area contributed by atoms with Crippen LogP contribution in [0.5, 0.6) is 5.75 Å². The highest BCUT2D eigenvalue weighted by atomic mass is 16.5. The van der Waals surface area contributed by atoms with E-state index in [4.69, 9.17) is 9.72 Å². The van der Waals surface area contributed by atoms with Gasteiger partial charge in [-0.05, 0) is 31.2 Å². The van der Waals surface area contributed by atoms with Gasteiger partial charge in [-0.1, -0.05) is 6.07 Å². The molecule has 1 N–H and O–H groups in total. The molecular formula is C21H21N5O. The predicted octanol–water partition coefficient (Wildman–Crippen LogP) is 3.86. The van der Waals surface area contributed by atoms with Gasteiger partial charge < -0.3 is 14.6 Å². The van der Waals surface area contributed by atoms with Gasteiger partial charge in [0.25, 0.3) is 0 Å². The molecule has 0 unspecified atom stereocenters. The lowest BCUT2D eigenvalue weighted by Crippen LogP contribution is -2.39. The van der Waals surface area contributed by atoms with Crippen LogP contribution in [0.2, 0.25) is 0 Å². The summed E-state index contributed by atoms with van der Waals surface area (Å²) in [4.78, 5) is 19.0. The monoisotopic (exact) mass is 359 g/mol. The minimum absolute atomic E-state index is 0.220. The molecule has 0 atom stereocenters. The summed E-state index contributed by atoms with van der Waals surface area (Å²) in [7, 11) is 0. The number of hydrogen-bond acceptors (Lipinski definition) is 5. The third kappa shape index (κ3) is 2.97. The molecule has 4 heterocycles. The highest BCUT2D eigenvalue weighted by Crippen LogP contribution is 2.30. The third-order valence-corrected chi connectivity index (χ3v) is 5.18. The summed E-state index contributed by atoms with van der Waals surface area (Å²) in [6, 6.07) is 10.2. The molecule has 0 bridgehead atoms. The summed E-state index contributed by atoms with van der Waals surface area (Å²) in [5.74, 6) is 2.75. The number of nitrogens with one attached hydrogen (secondary N) is 1.